The Morgan fingerprint density at radius 2 is 2.00 bits per heavy atom. The van der Waals surface area contributed by atoms with Crippen molar-refractivity contribution in [2.45, 2.75) is 26.3 Å². The summed E-state index contributed by atoms with van der Waals surface area (Å²) in [7, 11) is -3.20. The molecule has 8 nitrogen and oxygen atoms in total. The normalized spacial score (nSPS) is 16.1. The SMILES string of the molecule is CC(=O)NCc1ccc(-c2csc(NC(=O)C3CCN(S(C)(=O)=O)CC3)n2)s1. The van der Waals surface area contributed by atoms with Crippen molar-refractivity contribution in [3.05, 3.63) is 22.4 Å². The molecule has 3 rings (SSSR count). The number of aromatic nitrogens is 1. The molecule has 3 heterocycles. The van der Waals surface area contributed by atoms with Gasteiger partial charge in [0.1, 0.15) is 0 Å². The molecule has 0 unspecified atom stereocenters. The van der Waals surface area contributed by atoms with Crippen molar-refractivity contribution < 1.29 is 18.0 Å². The van der Waals surface area contributed by atoms with Crippen molar-refractivity contribution >= 4 is 49.6 Å². The van der Waals surface area contributed by atoms with Crippen molar-refractivity contribution in [2.75, 3.05) is 24.7 Å². The minimum Gasteiger partial charge on any atom is -0.351 e. The second kappa shape index (κ2) is 8.68. The topological polar surface area (TPSA) is 108 Å². The Bertz CT molecular complexity index is 959. The Labute approximate surface area is 172 Å². The van der Waals surface area contributed by atoms with E-state index in [9.17, 15) is 18.0 Å². The van der Waals surface area contributed by atoms with Gasteiger partial charge in [-0.15, -0.1) is 22.7 Å². The number of sulfonamides is 1. The zero-order valence-corrected chi connectivity index (χ0v) is 18.0. The van der Waals surface area contributed by atoms with E-state index in [1.807, 2.05) is 17.5 Å². The summed E-state index contributed by atoms with van der Waals surface area (Å²) >= 11 is 2.90. The number of anilines is 1. The van der Waals surface area contributed by atoms with E-state index in [-0.39, 0.29) is 17.7 Å². The average Bonchev–Trinajstić information content (AvgIpc) is 3.28. The van der Waals surface area contributed by atoms with Crippen LogP contribution in [-0.2, 0) is 26.2 Å². The molecule has 0 atom stereocenters. The van der Waals surface area contributed by atoms with E-state index in [0.717, 1.165) is 15.4 Å². The van der Waals surface area contributed by atoms with E-state index in [1.54, 1.807) is 11.3 Å². The van der Waals surface area contributed by atoms with Crippen LogP contribution in [0.5, 0.6) is 0 Å². The van der Waals surface area contributed by atoms with Gasteiger partial charge in [-0.3, -0.25) is 9.59 Å². The summed E-state index contributed by atoms with van der Waals surface area (Å²) in [5.41, 5.74) is 0.784. The highest BCUT2D eigenvalue weighted by molar-refractivity contribution is 7.88. The maximum Gasteiger partial charge on any atom is 0.229 e. The Morgan fingerprint density at radius 3 is 2.64 bits per heavy atom. The largest absolute Gasteiger partial charge is 0.351 e. The van der Waals surface area contributed by atoms with Gasteiger partial charge in [0, 0.05) is 36.2 Å². The Balaban J connectivity index is 1.56. The molecule has 0 radical (unpaired) electrons. The molecule has 1 aliphatic heterocycles. The fraction of sp³-hybridized carbons (Fsp3) is 0.471. The van der Waals surface area contributed by atoms with Crippen molar-refractivity contribution in [3.8, 4) is 10.6 Å². The third-order valence-corrected chi connectivity index (χ3v) is 7.62. The lowest BCUT2D eigenvalue weighted by Crippen LogP contribution is -2.40. The molecule has 1 saturated heterocycles. The van der Waals surface area contributed by atoms with Crippen LogP contribution in [0.2, 0.25) is 0 Å². The summed E-state index contributed by atoms with van der Waals surface area (Å²) in [5.74, 6) is -0.404. The first-order valence-electron chi connectivity index (χ1n) is 8.77. The lowest BCUT2D eigenvalue weighted by molar-refractivity contribution is -0.121. The summed E-state index contributed by atoms with van der Waals surface area (Å²) < 4.78 is 24.5. The first-order chi connectivity index (χ1) is 13.2. The number of thiophene rings is 1. The van der Waals surface area contributed by atoms with Crippen molar-refractivity contribution in [2.24, 2.45) is 5.92 Å². The second-order valence-corrected chi connectivity index (χ2v) is 10.6. The first kappa shape index (κ1) is 20.9. The van der Waals surface area contributed by atoms with E-state index in [4.69, 9.17) is 0 Å². The molecule has 2 amide bonds. The standard InChI is InChI=1S/C17H22N4O4S3/c1-11(22)18-9-13-3-4-15(27-13)14-10-26-17(19-14)20-16(23)12-5-7-21(8-6-12)28(2,24)25/h3-4,10,12H,5-9H2,1-2H3,(H,18,22)(H,19,20,23). The third kappa shape index (κ3) is 5.37. The van der Waals surface area contributed by atoms with Gasteiger partial charge in [-0.25, -0.2) is 17.7 Å². The number of thiazole rings is 1. The molecule has 0 aliphatic carbocycles. The fourth-order valence-electron chi connectivity index (χ4n) is 2.92. The average molecular weight is 443 g/mol. The summed E-state index contributed by atoms with van der Waals surface area (Å²) in [4.78, 5) is 30.0. The van der Waals surface area contributed by atoms with Gasteiger partial charge in [-0.05, 0) is 25.0 Å². The highest BCUT2D eigenvalue weighted by Crippen LogP contribution is 2.31. The van der Waals surface area contributed by atoms with E-state index < -0.39 is 10.0 Å². The predicted octanol–water partition coefficient (Wildman–Crippen LogP) is 2.12. The van der Waals surface area contributed by atoms with Gasteiger partial charge in [0.15, 0.2) is 5.13 Å². The van der Waals surface area contributed by atoms with Crippen molar-refractivity contribution in [1.82, 2.24) is 14.6 Å². The number of nitrogens with one attached hydrogen (secondary N) is 2. The maximum atomic E-state index is 12.5. The van der Waals surface area contributed by atoms with Crippen LogP contribution in [0.15, 0.2) is 17.5 Å². The molecule has 28 heavy (non-hydrogen) atoms. The highest BCUT2D eigenvalue weighted by Gasteiger charge is 2.29. The molecule has 1 fully saturated rings. The summed E-state index contributed by atoms with van der Waals surface area (Å²) in [6.07, 6.45) is 2.21. The number of carbonyl (C=O) groups excluding carboxylic acids is 2. The smallest absolute Gasteiger partial charge is 0.229 e. The zero-order valence-electron chi connectivity index (χ0n) is 15.6. The van der Waals surface area contributed by atoms with E-state index in [2.05, 4.69) is 15.6 Å². The Kier molecular flexibility index (Phi) is 6.48. The number of carbonyl (C=O) groups is 2. The van der Waals surface area contributed by atoms with E-state index in [1.165, 1.54) is 28.8 Å². The van der Waals surface area contributed by atoms with Gasteiger partial charge in [-0.1, -0.05) is 0 Å². The monoisotopic (exact) mass is 442 g/mol. The van der Waals surface area contributed by atoms with Crippen LogP contribution in [0.3, 0.4) is 0 Å². The van der Waals surface area contributed by atoms with Gasteiger partial charge in [0.25, 0.3) is 0 Å². The van der Waals surface area contributed by atoms with E-state index in [0.29, 0.717) is 37.6 Å². The Hall–Kier alpha value is -1.82. The number of hydrogen-bond acceptors (Lipinski definition) is 7. The van der Waals surface area contributed by atoms with Gasteiger partial charge in [0.2, 0.25) is 21.8 Å². The summed E-state index contributed by atoms with van der Waals surface area (Å²) in [6, 6.07) is 3.90. The van der Waals surface area contributed by atoms with Crippen LogP contribution in [-0.4, -0.2) is 48.9 Å². The quantitative estimate of drug-likeness (QED) is 0.712. The predicted molar refractivity (Wildman–Crippen MR) is 111 cm³/mol. The molecule has 152 valence electrons. The number of piperidine rings is 1. The minimum absolute atomic E-state index is 0.0732. The Morgan fingerprint density at radius 1 is 1.29 bits per heavy atom. The highest BCUT2D eigenvalue weighted by atomic mass is 32.2. The summed E-state index contributed by atoms with van der Waals surface area (Å²) in [6.45, 7) is 2.70. The molecule has 0 aromatic carbocycles. The van der Waals surface area contributed by atoms with Crippen LogP contribution < -0.4 is 10.6 Å². The molecule has 0 bridgehead atoms. The molecule has 0 saturated carbocycles. The van der Waals surface area contributed by atoms with E-state index >= 15 is 0 Å². The van der Waals surface area contributed by atoms with Crippen LogP contribution in [0.4, 0.5) is 5.13 Å². The molecular formula is C17H22N4O4S3. The van der Waals surface area contributed by atoms with Gasteiger partial charge >= 0.3 is 0 Å². The first-order valence-corrected chi connectivity index (χ1v) is 12.3. The molecule has 11 heteroatoms. The summed E-state index contributed by atoms with van der Waals surface area (Å²) in [5, 5.41) is 8.03. The number of amides is 2. The van der Waals surface area contributed by atoms with Gasteiger partial charge in [-0.2, -0.15) is 0 Å². The van der Waals surface area contributed by atoms with Gasteiger partial charge < -0.3 is 10.6 Å². The van der Waals surface area contributed by atoms with Crippen LogP contribution >= 0.6 is 22.7 Å². The minimum atomic E-state index is -3.20. The van der Waals surface area contributed by atoms with Crippen LogP contribution in [0, 0.1) is 5.92 Å². The molecule has 2 N–H and O–H groups in total. The zero-order chi connectivity index (χ0) is 20.3. The fourth-order valence-corrected chi connectivity index (χ4v) is 5.49. The molecular weight excluding hydrogens is 420 g/mol. The molecule has 1 aliphatic rings. The van der Waals surface area contributed by atoms with Crippen molar-refractivity contribution in [1.29, 1.82) is 0 Å². The lowest BCUT2D eigenvalue weighted by atomic mass is 9.97. The number of hydrogen-bond donors (Lipinski definition) is 2. The molecule has 0 spiro atoms. The van der Waals surface area contributed by atoms with Crippen molar-refractivity contribution in [3.63, 3.8) is 0 Å². The molecule has 2 aromatic rings. The van der Waals surface area contributed by atoms with Gasteiger partial charge in [0.05, 0.1) is 23.4 Å². The maximum absolute atomic E-state index is 12.5. The molecule has 2 aromatic heterocycles. The number of nitrogens with zero attached hydrogens (tertiary/aromatic N) is 2. The lowest BCUT2D eigenvalue weighted by Gasteiger charge is -2.29. The van der Waals surface area contributed by atoms with Crippen LogP contribution in [0.25, 0.3) is 10.6 Å². The third-order valence-electron chi connectivity index (χ3n) is 4.45. The number of rotatable bonds is 6. The second-order valence-electron chi connectivity index (χ2n) is 6.64. The van der Waals surface area contributed by atoms with Crippen LogP contribution in [0.1, 0.15) is 24.6 Å².